The molecule has 3 rings (SSSR count). The average molecular weight is 373 g/mol. The molecule has 1 aliphatic rings. The summed E-state index contributed by atoms with van der Waals surface area (Å²) in [7, 11) is 0. The molecule has 0 radical (unpaired) electrons. The molecule has 2 atom stereocenters. The lowest BCUT2D eigenvalue weighted by molar-refractivity contribution is 0.0909. The molecule has 2 aromatic rings. The van der Waals surface area contributed by atoms with Gasteiger partial charge in [-0.25, -0.2) is 4.98 Å². The van der Waals surface area contributed by atoms with Crippen molar-refractivity contribution in [3.8, 4) is 0 Å². The molecule has 1 aromatic heterocycles. The van der Waals surface area contributed by atoms with E-state index in [0.717, 1.165) is 54.3 Å². The van der Waals surface area contributed by atoms with Crippen molar-refractivity contribution in [2.24, 2.45) is 0 Å². The summed E-state index contributed by atoms with van der Waals surface area (Å²) in [5, 5.41) is 14.1. The number of hydrogen-bond acceptors (Lipinski definition) is 3. The molecular formula is C15H19BrClN3O. The van der Waals surface area contributed by atoms with Gasteiger partial charge in [0, 0.05) is 22.1 Å². The van der Waals surface area contributed by atoms with Gasteiger partial charge in [0.2, 0.25) is 0 Å². The zero-order valence-corrected chi connectivity index (χ0v) is 14.1. The quantitative estimate of drug-likeness (QED) is 0.865. The van der Waals surface area contributed by atoms with Gasteiger partial charge in [0.25, 0.3) is 0 Å². The number of benzene rings is 1. The first-order valence-electron chi connectivity index (χ1n) is 7.36. The number of aliphatic hydroxyl groups is 1. The fourth-order valence-corrected chi connectivity index (χ4v) is 4.03. The van der Waals surface area contributed by atoms with Crippen LogP contribution in [0.15, 0.2) is 22.9 Å². The lowest BCUT2D eigenvalue weighted by atomic mass is 9.97. The fourth-order valence-electron chi connectivity index (χ4n) is 3.01. The lowest BCUT2D eigenvalue weighted by Crippen LogP contribution is -2.44. The minimum Gasteiger partial charge on any atom is -0.392 e. The van der Waals surface area contributed by atoms with Crippen LogP contribution < -0.4 is 5.32 Å². The number of imidazole rings is 1. The van der Waals surface area contributed by atoms with Gasteiger partial charge in [-0.15, -0.1) is 0 Å². The second-order valence-electron chi connectivity index (χ2n) is 5.61. The van der Waals surface area contributed by atoms with Crippen molar-refractivity contribution in [2.75, 3.05) is 6.54 Å². The van der Waals surface area contributed by atoms with Crippen molar-refractivity contribution < 1.29 is 5.11 Å². The van der Waals surface area contributed by atoms with Gasteiger partial charge in [-0.3, -0.25) is 0 Å². The van der Waals surface area contributed by atoms with E-state index in [1.165, 1.54) is 0 Å². The van der Waals surface area contributed by atoms with Crippen LogP contribution in [-0.2, 0) is 6.54 Å². The standard InChI is InChI=1S/C15H19BrClN3O/c16-11-7-10(17)8-13-15(11)20(9-19-13)6-2-3-12-14(21)4-1-5-18-12/h7-9,12,14,18,21H,1-6H2/t12-,14+/m1/s1. The predicted octanol–water partition coefficient (Wildman–Crippen LogP) is 3.35. The van der Waals surface area contributed by atoms with Gasteiger partial charge in [0.1, 0.15) is 0 Å². The second-order valence-corrected chi connectivity index (χ2v) is 6.90. The van der Waals surface area contributed by atoms with Crippen molar-refractivity contribution in [1.29, 1.82) is 0 Å². The van der Waals surface area contributed by atoms with E-state index in [1.807, 2.05) is 18.5 Å². The van der Waals surface area contributed by atoms with Gasteiger partial charge in [-0.1, -0.05) is 11.6 Å². The number of nitrogens with one attached hydrogen (secondary N) is 1. The molecule has 1 aliphatic heterocycles. The molecule has 0 spiro atoms. The van der Waals surface area contributed by atoms with Gasteiger partial charge in [-0.05, 0) is 60.3 Å². The third-order valence-electron chi connectivity index (χ3n) is 4.09. The summed E-state index contributed by atoms with van der Waals surface area (Å²) in [6.07, 6.45) is 5.62. The second kappa shape index (κ2) is 6.65. The Morgan fingerprint density at radius 2 is 2.33 bits per heavy atom. The van der Waals surface area contributed by atoms with Crippen molar-refractivity contribution in [3.63, 3.8) is 0 Å². The van der Waals surface area contributed by atoms with Gasteiger partial charge in [-0.2, -0.15) is 0 Å². The summed E-state index contributed by atoms with van der Waals surface area (Å²) < 4.78 is 3.11. The SMILES string of the molecule is O[C@H]1CCCN[C@@H]1CCCn1cnc2cc(Cl)cc(Br)c21. The highest BCUT2D eigenvalue weighted by atomic mass is 79.9. The van der Waals surface area contributed by atoms with Gasteiger partial charge in [0.15, 0.2) is 0 Å². The molecule has 4 nitrogen and oxygen atoms in total. The monoisotopic (exact) mass is 371 g/mol. The van der Waals surface area contributed by atoms with E-state index in [-0.39, 0.29) is 12.1 Å². The smallest absolute Gasteiger partial charge is 0.0958 e. The lowest BCUT2D eigenvalue weighted by Gasteiger charge is -2.29. The van der Waals surface area contributed by atoms with Crippen LogP contribution in [0.3, 0.4) is 0 Å². The van der Waals surface area contributed by atoms with E-state index >= 15 is 0 Å². The summed E-state index contributed by atoms with van der Waals surface area (Å²) in [6, 6.07) is 4.01. The number of aryl methyl sites for hydroxylation is 1. The van der Waals surface area contributed by atoms with Crippen LogP contribution in [0, 0.1) is 0 Å². The molecule has 0 amide bonds. The van der Waals surface area contributed by atoms with Crippen LogP contribution in [0.25, 0.3) is 11.0 Å². The van der Waals surface area contributed by atoms with E-state index in [0.29, 0.717) is 5.02 Å². The summed E-state index contributed by atoms with van der Waals surface area (Å²) >= 11 is 9.60. The van der Waals surface area contributed by atoms with Gasteiger partial charge in [0.05, 0.1) is 23.5 Å². The van der Waals surface area contributed by atoms with E-state index in [2.05, 4.69) is 30.8 Å². The maximum Gasteiger partial charge on any atom is 0.0958 e. The Morgan fingerprint density at radius 3 is 3.14 bits per heavy atom. The van der Waals surface area contributed by atoms with Crippen molar-refractivity contribution in [3.05, 3.63) is 28.0 Å². The van der Waals surface area contributed by atoms with Gasteiger partial charge < -0.3 is 15.0 Å². The molecule has 6 heteroatoms. The maximum atomic E-state index is 9.97. The molecular weight excluding hydrogens is 354 g/mol. The molecule has 2 N–H and O–H groups in total. The number of halogens is 2. The number of rotatable bonds is 4. The molecule has 21 heavy (non-hydrogen) atoms. The molecule has 0 saturated carbocycles. The van der Waals surface area contributed by atoms with Crippen molar-refractivity contribution >= 4 is 38.6 Å². The molecule has 114 valence electrons. The summed E-state index contributed by atoms with van der Waals surface area (Å²) in [5.41, 5.74) is 1.99. The van der Waals surface area contributed by atoms with E-state index in [4.69, 9.17) is 11.6 Å². The Balaban J connectivity index is 1.65. The average Bonchev–Trinajstić information content (AvgIpc) is 2.84. The van der Waals surface area contributed by atoms with Crippen LogP contribution in [0.1, 0.15) is 25.7 Å². The molecule has 0 aliphatic carbocycles. The number of hydrogen-bond donors (Lipinski definition) is 2. The van der Waals surface area contributed by atoms with Crippen molar-refractivity contribution in [1.82, 2.24) is 14.9 Å². The highest BCUT2D eigenvalue weighted by Gasteiger charge is 2.21. The highest BCUT2D eigenvalue weighted by molar-refractivity contribution is 9.10. The topological polar surface area (TPSA) is 50.1 Å². The highest BCUT2D eigenvalue weighted by Crippen LogP contribution is 2.28. The number of nitrogens with zero attached hydrogens (tertiary/aromatic N) is 2. The van der Waals surface area contributed by atoms with Crippen LogP contribution in [0.2, 0.25) is 5.02 Å². The number of fused-ring (bicyclic) bond motifs is 1. The minimum atomic E-state index is -0.205. The first-order valence-corrected chi connectivity index (χ1v) is 8.53. The van der Waals surface area contributed by atoms with Crippen LogP contribution in [0.5, 0.6) is 0 Å². The summed E-state index contributed by atoms with van der Waals surface area (Å²) in [5.74, 6) is 0. The number of aromatic nitrogens is 2. The van der Waals surface area contributed by atoms with Crippen LogP contribution in [-0.4, -0.2) is 33.3 Å². The Hall–Kier alpha value is -0.620. The maximum absolute atomic E-state index is 9.97. The molecule has 2 heterocycles. The Labute approximate surface area is 137 Å². The zero-order chi connectivity index (χ0) is 14.8. The minimum absolute atomic E-state index is 0.205. The molecule has 0 bridgehead atoms. The number of piperidine rings is 1. The Bertz CT molecular complexity index is 631. The Kier molecular flexibility index (Phi) is 4.84. The normalized spacial score (nSPS) is 22.8. The fraction of sp³-hybridized carbons (Fsp3) is 0.533. The first kappa shape index (κ1) is 15.3. The zero-order valence-electron chi connectivity index (χ0n) is 11.7. The molecule has 0 unspecified atom stereocenters. The third-order valence-corrected chi connectivity index (χ3v) is 4.92. The summed E-state index contributed by atoms with van der Waals surface area (Å²) in [4.78, 5) is 4.40. The largest absolute Gasteiger partial charge is 0.392 e. The van der Waals surface area contributed by atoms with Crippen LogP contribution in [0.4, 0.5) is 0 Å². The third kappa shape index (κ3) is 3.42. The molecule has 1 fully saturated rings. The molecule has 1 aromatic carbocycles. The summed E-state index contributed by atoms with van der Waals surface area (Å²) in [6.45, 7) is 1.90. The predicted molar refractivity (Wildman–Crippen MR) is 88.7 cm³/mol. The van der Waals surface area contributed by atoms with E-state index < -0.39 is 0 Å². The van der Waals surface area contributed by atoms with E-state index in [9.17, 15) is 5.11 Å². The Morgan fingerprint density at radius 1 is 1.48 bits per heavy atom. The number of aliphatic hydroxyl groups excluding tert-OH is 1. The molecule has 1 saturated heterocycles. The first-order chi connectivity index (χ1) is 10.1. The van der Waals surface area contributed by atoms with Gasteiger partial charge >= 0.3 is 0 Å². The van der Waals surface area contributed by atoms with Crippen molar-refractivity contribution in [2.45, 2.75) is 44.4 Å². The van der Waals surface area contributed by atoms with Crippen LogP contribution >= 0.6 is 27.5 Å². The van der Waals surface area contributed by atoms with E-state index in [1.54, 1.807) is 0 Å².